The van der Waals surface area contributed by atoms with Crippen LogP contribution in [-0.4, -0.2) is 21.1 Å². The number of hydrogen-bond acceptors (Lipinski definition) is 4. The molecule has 4 rings (SSSR count). The zero-order valence-corrected chi connectivity index (χ0v) is 11.8. The Hall–Kier alpha value is -2.76. The van der Waals surface area contributed by atoms with Crippen LogP contribution in [0.2, 0.25) is 0 Å². The summed E-state index contributed by atoms with van der Waals surface area (Å²) in [6.45, 7) is 0. The molecule has 22 heavy (non-hydrogen) atoms. The highest BCUT2D eigenvalue weighted by atomic mass is 16.3. The molecule has 1 aromatic carbocycles. The van der Waals surface area contributed by atoms with Gasteiger partial charge in [-0.1, -0.05) is 18.2 Å². The number of phenolic OH excluding ortho intramolecular Hbond substituents is 1. The van der Waals surface area contributed by atoms with E-state index in [0.29, 0.717) is 28.9 Å². The summed E-state index contributed by atoms with van der Waals surface area (Å²) in [6.07, 6.45) is 2.03. The van der Waals surface area contributed by atoms with Gasteiger partial charge in [0.2, 0.25) is 0 Å². The molecule has 0 saturated heterocycles. The van der Waals surface area contributed by atoms with Gasteiger partial charge in [0.15, 0.2) is 5.78 Å². The fraction of sp³-hybridized carbons (Fsp3) is 0.250. The van der Waals surface area contributed by atoms with Gasteiger partial charge in [-0.2, -0.15) is 0 Å². The fourth-order valence-corrected chi connectivity index (χ4v) is 3.41. The number of allylic oxidation sites excluding steroid dienone is 2. The Balaban J connectivity index is 2.01. The monoisotopic (exact) mass is 297 g/mol. The van der Waals surface area contributed by atoms with Crippen molar-refractivity contribution in [3.63, 3.8) is 0 Å². The van der Waals surface area contributed by atoms with E-state index in [-0.39, 0.29) is 17.1 Å². The summed E-state index contributed by atoms with van der Waals surface area (Å²) in [5, 5.41) is 18.8. The third-order valence-electron chi connectivity index (χ3n) is 4.37. The summed E-state index contributed by atoms with van der Waals surface area (Å²) in [7, 11) is 0. The van der Waals surface area contributed by atoms with Gasteiger partial charge >= 0.3 is 0 Å². The molecule has 0 fully saturated rings. The Kier molecular flexibility index (Phi) is 2.72. The van der Waals surface area contributed by atoms with Crippen molar-refractivity contribution < 1.29 is 9.90 Å². The molecule has 0 amide bonds. The molecule has 1 unspecified atom stereocenters. The van der Waals surface area contributed by atoms with E-state index in [1.54, 1.807) is 24.3 Å². The van der Waals surface area contributed by atoms with E-state index in [1.165, 1.54) is 0 Å². The standard InChI is InChI=1S/C16H15N3O3/c20-10-6-2-1-4-8(10)12-13-9(5-3-7-11(13)21)17-15-14(12)16(22)19-18-15/h1-2,4,6,12,20H,3,5,7H2,(H3,17,18,19,22). The second kappa shape index (κ2) is 4.62. The van der Waals surface area contributed by atoms with Crippen molar-refractivity contribution in [1.29, 1.82) is 0 Å². The summed E-state index contributed by atoms with van der Waals surface area (Å²) in [5.74, 6) is 0.168. The molecule has 0 bridgehead atoms. The largest absolute Gasteiger partial charge is 0.508 e. The molecule has 1 aliphatic heterocycles. The predicted octanol–water partition coefficient (Wildman–Crippen LogP) is 1.97. The number of aromatic hydroxyl groups is 1. The average Bonchev–Trinajstić information content (AvgIpc) is 2.88. The maximum absolute atomic E-state index is 12.5. The van der Waals surface area contributed by atoms with Crippen LogP contribution >= 0.6 is 0 Å². The Morgan fingerprint density at radius 3 is 2.73 bits per heavy atom. The van der Waals surface area contributed by atoms with E-state index >= 15 is 0 Å². The number of carbonyl (C=O) groups is 1. The quantitative estimate of drug-likeness (QED) is 0.647. The van der Waals surface area contributed by atoms with E-state index in [1.807, 2.05) is 0 Å². The van der Waals surface area contributed by atoms with Crippen LogP contribution in [-0.2, 0) is 4.79 Å². The first-order valence-corrected chi connectivity index (χ1v) is 7.28. The molecule has 2 aliphatic rings. The van der Waals surface area contributed by atoms with Crippen molar-refractivity contribution >= 4 is 11.6 Å². The molecule has 2 heterocycles. The number of aromatic nitrogens is 2. The van der Waals surface area contributed by atoms with Crippen LogP contribution in [0, 0.1) is 0 Å². The first kappa shape index (κ1) is 12.9. The lowest BCUT2D eigenvalue weighted by Crippen LogP contribution is -2.29. The number of ketones is 1. The van der Waals surface area contributed by atoms with Gasteiger partial charge < -0.3 is 10.4 Å². The number of aromatic amines is 2. The zero-order valence-electron chi connectivity index (χ0n) is 11.8. The number of hydrogen-bond donors (Lipinski definition) is 4. The highest BCUT2D eigenvalue weighted by molar-refractivity contribution is 6.01. The number of benzene rings is 1. The molecular formula is C16H15N3O3. The maximum atomic E-state index is 12.5. The molecule has 0 radical (unpaired) electrons. The van der Waals surface area contributed by atoms with E-state index in [0.717, 1.165) is 18.5 Å². The van der Waals surface area contributed by atoms with Gasteiger partial charge in [0.05, 0.1) is 11.5 Å². The minimum Gasteiger partial charge on any atom is -0.508 e. The summed E-state index contributed by atoms with van der Waals surface area (Å²) < 4.78 is 0. The van der Waals surface area contributed by atoms with E-state index in [2.05, 4.69) is 15.5 Å². The minimum absolute atomic E-state index is 0.0354. The highest BCUT2D eigenvalue weighted by Crippen LogP contribution is 2.45. The van der Waals surface area contributed by atoms with Crippen LogP contribution in [0.5, 0.6) is 5.75 Å². The SMILES string of the molecule is O=C1CCCC2=C1C(c1ccccc1O)c1c([nH][nH]c1=O)N2. The van der Waals surface area contributed by atoms with Crippen molar-refractivity contribution in [2.45, 2.75) is 25.2 Å². The van der Waals surface area contributed by atoms with Crippen molar-refractivity contribution in [3.8, 4) is 5.75 Å². The minimum atomic E-state index is -0.532. The number of nitrogens with one attached hydrogen (secondary N) is 3. The number of Topliss-reactive ketones (excluding diaryl/α,β-unsaturated/α-hetero) is 1. The highest BCUT2D eigenvalue weighted by Gasteiger charge is 2.38. The number of carbonyl (C=O) groups excluding carboxylic acids is 1. The van der Waals surface area contributed by atoms with E-state index in [4.69, 9.17) is 0 Å². The lowest BCUT2D eigenvalue weighted by Gasteiger charge is -2.31. The molecule has 4 N–H and O–H groups in total. The van der Waals surface area contributed by atoms with E-state index < -0.39 is 5.92 Å². The first-order chi connectivity index (χ1) is 10.7. The van der Waals surface area contributed by atoms with Crippen LogP contribution in [0.4, 0.5) is 5.82 Å². The topological polar surface area (TPSA) is 98.0 Å². The molecule has 1 atom stereocenters. The number of anilines is 1. The van der Waals surface area contributed by atoms with Gasteiger partial charge in [-0.25, -0.2) is 0 Å². The number of para-hydroxylation sites is 1. The van der Waals surface area contributed by atoms with Crippen LogP contribution in [0.3, 0.4) is 0 Å². The van der Waals surface area contributed by atoms with Crippen molar-refractivity contribution in [2.75, 3.05) is 5.32 Å². The predicted molar refractivity (Wildman–Crippen MR) is 80.9 cm³/mol. The van der Waals surface area contributed by atoms with Gasteiger partial charge in [-0.05, 0) is 18.9 Å². The van der Waals surface area contributed by atoms with E-state index in [9.17, 15) is 14.7 Å². The summed E-state index contributed by atoms with van der Waals surface area (Å²) in [4.78, 5) is 24.7. The van der Waals surface area contributed by atoms with Crippen molar-refractivity contribution in [1.82, 2.24) is 10.2 Å². The molecule has 2 aromatic rings. The molecule has 0 saturated carbocycles. The van der Waals surface area contributed by atoms with Crippen molar-refractivity contribution in [2.24, 2.45) is 0 Å². The third kappa shape index (κ3) is 1.73. The summed E-state index contributed by atoms with van der Waals surface area (Å²) in [6, 6.07) is 6.85. The van der Waals surface area contributed by atoms with Crippen LogP contribution in [0.1, 0.15) is 36.3 Å². The fourth-order valence-electron chi connectivity index (χ4n) is 3.41. The van der Waals surface area contributed by atoms with Gasteiger partial charge in [0.25, 0.3) is 5.56 Å². The second-order valence-electron chi connectivity index (χ2n) is 5.65. The summed E-state index contributed by atoms with van der Waals surface area (Å²) >= 11 is 0. The first-order valence-electron chi connectivity index (χ1n) is 7.28. The average molecular weight is 297 g/mol. The summed E-state index contributed by atoms with van der Waals surface area (Å²) in [5.41, 5.74) is 2.20. The maximum Gasteiger partial charge on any atom is 0.270 e. The Bertz CT molecular complexity index is 860. The van der Waals surface area contributed by atoms with Crippen LogP contribution in [0.25, 0.3) is 0 Å². The Morgan fingerprint density at radius 1 is 1.09 bits per heavy atom. The number of rotatable bonds is 1. The van der Waals surface area contributed by atoms with Gasteiger partial charge in [-0.15, -0.1) is 0 Å². The molecule has 0 spiro atoms. The lowest BCUT2D eigenvalue weighted by molar-refractivity contribution is -0.116. The normalized spacial score (nSPS) is 20.4. The molecule has 112 valence electrons. The smallest absolute Gasteiger partial charge is 0.270 e. The third-order valence-corrected chi connectivity index (χ3v) is 4.37. The molecule has 1 aromatic heterocycles. The molecule has 6 heteroatoms. The van der Waals surface area contributed by atoms with Crippen LogP contribution in [0.15, 0.2) is 40.3 Å². The number of fused-ring (bicyclic) bond motifs is 1. The number of phenols is 1. The zero-order chi connectivity index (χ0) is 15.3. The molecule has 1 aliphatic carbocycles. The molecule has 6 nitrogen and oxygen atoms in total. The van der Waals surface area contributed by atoms with Gasteiger partial charge in [0, 0.05) is 23.3 Å². The number of H-pyrrole nitrogens is 2. The second-order valence-corrected chi connectivity index (χ2v) is 5.65. The Morgan fingerprint density at radius 2 is 1.91 bits per heavy atom. The molecular weight excluding hydrogens is 282 g/mol. The lowest BCUT2D eigenvalue weighted by atomic mass is 9.76. The van der Waals surface area contributed by atoms with Gasteiger partial charge in [-0.3, -0.25) is 19.8 Å². The van der Waals surface area contributed by atoms with Crippen LogP contribution < -0.4 is 10.9 Å². The van der Waals surface area contributed by atoms with Crippen molar-refractivity contribution in [3.05, 3.63) is 57.0 Å². The Labute approximate surface area is 125 Å². The van der Waals surface area contributed by atoms with Gasteiger partial charge in [0.1, 0.15) is 11.6 Å².